The average molecular weight is 233 g/mol. The van der Waals surface area contributed by atoms with Crippen LogP contribution in [0.15, 0.2) is 17.3 Å². The lowest BCUT2D eigenvalue weighted by Gasteiger charge is -2.14. The van der Waals surface area contributed by atoms with Gasteiger partial charge in [-0.25, -0.2) is 4.98 Å². The molecule has 1 aromatic rings. The lowest BCUT2D eigenvalue weighted by molar-refractivity contribution is 0.0985. The molecule has 0 unspecified atom stereocenters. The van der Waals surface area contributed by atoms with Gasteiger partial charge in [-0.3, -0.25) is 13.7 Å². The summed E-state index contributed by atoms with van der Waals surface area (Å²) in [5.41, 5.74) is 0.336. The largest absolute Gasteiger partial charge is 0.288 e. The zero-order chi connectivity index (χ0) is 10.3. The summed E-state index contributed by atoms with van der Waals surface area (Å²) in [4.78, 5) is 15.4. The number of carbonyl (C=O) groups excluding carboxylic acids is 1. The lowest BCUT2D eigenvalue weighted by atomic mass is 10.3. The molecule has 2 heterocycles. The molecule has 1 N–H and O–H groups in total. The first-order chi connectivity index (χ1) is 6.57. The minimum absolute atomic E-state index is 0.336. The van der Waals surface area contributed by atoms with E-state index in [1.165, 1.54) is 12.3 Å². The van der Waals surface area contributed by atoms with Gasteiger partial charge in [0.2, 0.25) is 0 Å². The molecule has 1 amide bonds. The van der Waals surface area contributed by atoms with Gasteiger partial charge in [0.15, 0.2) is 0 Å². The first kappa shape index (κ1) is 9.61. The maximum Gasteiger partial charge on any atom is 0.264 e. The summed E-state index contributed by atoms with van der Waals surface area (Å²) in [5.74, 6) is 0.0283. The first-order valence-corrected chi connectivity index (χ1v) is 6.41. The van der Waals surface area contributed by atoms with E-state index in [4.69, 9.17) is 11.6 Å². The van der Waals surface area contributed by atoms with Crippen molar-refractivity contribution in [1.29, 1.82) is 0 Å². The number of thiol groups is 1. The summed E-state index contributed by atoms with van der Waals surface area (Å²) in [7, 11) is -2.79. The Bertz CT molecular complexity index is 461. The SMILES string of the molecule is CC[SH]1(=O)NC(=O)c2cc(Cl)cnc21. The summed E-state index contributed by atoms with van der Waals surface area (Å²) in [6.45, 7) is 1.76. The Balaban J connectivity index is 2.67. The molecule has 14 heavy (non-hydrogen) atoms. The standard InChI is InChI=1S/C8H9ClN2O2S/c1-2-14(13)8-6(7(12)11-14)3-5(9)4-10-8/h3-4,14H,2H2,1H3,(H,11,12,13). The Hall–Kier alpha value is -0.940. The highest BCUT2D eigenvalue weighted by Crippen LogP contribution is 2.27. The molecule has 4 nitrogen and oxygen atoms in total. The zero-order valence-corrected chi connectivity index (χ0v) is 9.10. The van der Waals surface area contributed by atoms with Crippen LogP contribution in [0.25, 0.3) is 0 Å². The summed E-state index contributed by atoms with van der Waals surface area (Å²) in [6.07, 6.45) is 1.41. The fourth-order valence-electron chi connectivity index (χ4n) is 1.39. The second-order valence-electron chi connectivity index (χ2n) is 3.02. The maximum absolute atomic E-state index is 12.1. The fourth-order valence-corrected chi connectivity index (χ4v) is 3.36. The van der Waals surface area contributed by atoms with Crippen LogP contribution < -0.4 is 4.72 Å². The number of nitrogens with zero attached hydrogens (tertiary/aromatic N) is 1. The van der Waals surface area contributed by atoms with Crippen molar-refractivity contribution >= 4 is 27.6 Å². The number of halogens is 1. The van der Waals surface area contributed by atoms with Crippen LogP contribution in [0.5, 0.6) is 0 Å². The topological polar surface area (TPSA) is 59.1 Å². The number of aromatic nitrogens is 1. The van der Waals surface area contributed by atoms with Crippen LogP contribution in [-0.4, -0.2) is 20.9 Å². The number of nitrogens with one attached hydrogen (secondary N) is 1. The van der Waals surface area contributed by atoms with Crippen molar-refractivity contribution in [3.8, 4) is 0 Å². The third-order valence-corrected chi connectivity index (χ3v) is 4.85. The van der Waals surface area contributed by atoms with Gasteiger partial charge in [0.05, 0.1) is 10.6 Å². The molecule has 0 aliphatic carbocycles. The summed E-state index contributed by atoms with van der Waals surface area (Å²) < 4.78 is 14.6. The second kappa shape index (κ2) is 3.03. The van der Waals surface area contributed by atoms with Gasteiger partial charge in [0.25, 0.3) is 5.91 Å². The van der Waals surface area contributed by atoms with Crippen molar-refractivity contribution < 1.29 is 9.00 Å². The van der Waals surface area contributed by atoms with Crippen LogP contribution in [0, 0.1) is 0 Å². The predicted molar refractivity (Wildman–Crippen MR) is 55.1 cm³/mol. The number of fused-ring (bicyclic) bond motifs is 1. The number of carbonyl (C=O) groups is 1. The summed E-state index contributed by atoms with van der Waals surface area (Å²) >= 11 is 5.69. The Morgan fingerprint density at radius 1 is 1.64 bits per heavy atom. The molecule has 0 bridgehead atoms. The highest BCUT2D eigenvalue weighted by atomic mass is 35.5. The van der Waals surface area contributed by atoms with Crippen LogP contribution in [0.4, 0.5) is 0 Å². The minimum Gasteiger partial charge on any atom is -0.288 e. The Labute approximate surface area is 87.2 Å². The predicted octanol–water partition coefficient (Wildman–Crippen LogP) is 0.789. The van der Waals surface area contributed by atoms with E-state index in [2.05, 4.69) is 9.71 Å². The Kier molecular flexibility index (Phi) is 2.08. The average Bonchev–Trinajstić information content (AvgIpc) is 2.40. The molecule has 0 spiro atoms. The third-order valence-electron chi connectivity index (χ3n) is 2.15. The second-order valence-corrected chi connectivity index (χ2v) is 6.22. The van der Waals surface area contributed by atoms with Gasteiger partial charge in [-0.15, -0.1) is 0 Å². The zero-order valence-electron chi connectivity index (χ0n) is 7.45. The van der Waals surface area contributed by atoms with Gasteiger partial charge in [0.1, 0.15) is 5.03 Å². The van der Waals surface area contributed by atoms with Crippen LogP contribution >= 0.6 is 11.6 Å². The van der Waals surface area contributed by atoms with E-state index in [1.807, 2.05) is 0 Å². The van der Waals surface area contributed by atoms with Gasteiger partial charge in [0, 0.05) is 22.1 Å². The van der Waals surface area contributed by atoms with E-state index >= 15 is 0 Å². The molecule has 0 saturated heterocycles. The van der Waals surface area contributed by atoms with Gasteiger partial charge >= 0.3 is 0 Å². The molecule has 0 fully saturated rings. The number of hydrogen-bond donors (Lipinski definition) is 2. The van der Waals surface area contributed by atoms with Crippen LogP contribution in [0.1, 0.15) is 17.3 Å². The molecule has 6 heteroatoms. The number of amides is 1. The fraction of sp³-hybridized carbons (Fsp3) is 0.250. The molecule has 0 saturated carbocycles. The van der Waals surface area contributed by atoms with Gasteiger partial charge < -0.3 is 0 Å². The lowest BCUT2D eigenvalue weighted by Crippen LogP contribution is -2.30. The molecule has 0 atom stereocenters. The van der Waals surface area contributed by atoms with E-state index in [9.17, 15) is 9.00 Å². The van der Waals surface area contributed by atoms with E-state index < -0.39 is 10.1 Å². The Morgan fingerprint density at radius 3 is 3.00 bits per heavy atom. The van der Waals surface area contributed by atoms with Crippen molar-refractivity contribution in [3.63, 3.8) is 0 Å². The summed E-state index contributed by atoms with van der Waals surface area (Å²) in [5, 5.41) is 0.734. The normalized spacial score (nSPS) is 20.0. The maximum atomic E-state index is 12.1. The van der Waals surface area contributed by atoms with E-state index in [-0.39, 0.29) is 5.91 Å². The highest BCUT2D eigenvalue weighted by molar-refractivity contribution is 8.02. The molecule has 76 valence electrons. The van der Waals surface area contributed by atoms with Crippen molar-refractivity contribution in [2.75, 3.05) is 5.75 Å². The van der Waals surface area contributed by atoms with Crippen LogP contribution in [-0.2, 0) is 10.1 Å². The molecule has 0 aromatic carbocycles. The number of rotatable bonds is 1. The summed E-state index contributed by atoms with van der Waals surface area (Å²) in [6, 6.07) is 1.49. The highest BCUT2D eigenvalue weighted by Gasteiger charge is 2.33. The van der Waals surface area contributed by atoms with Crippen molar-refractivity contribution in [2.24, 2.45) is 0 Å². The van der Waals surface area contributed by atoms with E-state index in [0.29, 0.717) is 21.4 Å². The minimum atomic E-state index is -2.79. The molecule has 1 aliphatic heterocycles. The van der Waals surface area contributed by atoms with E-state index in [0.717, 1.165) is 0 Å². The molecule has 0 radical (unpaired) electrons. The van der Waals surface area contributed by atoms with E-state index in [1.54, 1.807) is 6.92 Å². The van der Waals surface area contributed by atoms with Crippen molar-refractivity contribution in [2.45, 2.75) is 11.9 Å². The monoisotopic (exact) mass is 232 g/mol. The van der Waals surface area contributed by atoms with Crippen LogP contribution in [0.3, 0.4) is 0 Å². The Morgan fingerprint density at radius 2 is 2.36 bits per heavy atom. The third kappa shape index (κ3) is 1.24. The first-order valence-electron chi connectivity index (χ1n) is 4.14. The van der Waals surface area contributed by atoms with Gasteiger partial charge in [-0.05, 0) is 6.07 Å². The molecule has 2 rings (SSSR count). The van der Waals surface area contributed by atoms with Gasteiger partial charge in [-0.2, -0.15) is 0 Å². The smallest absolute Gasteiger partial charge is 0.264 e. The van der Waals surface area contributed by atoms with Crippen LogP contribution in [0.2, 0.25) is 5.02 Å². The molecule has 1 aromatic heterocycles. The quantitative estimate of drug-likeness (QED) is 0.704. The molecular weight excluding hydrogens is 224 g/mol. The van der Waals surface area contributed by atoms with Gasteiger partial charge in [-0.1, -0.05) is 18.5 Å². The molecule has 1 aliphatic rings. The number of pyridine rings is 1. The van der Waals surface area contributed by atoms with Crippen molar-refractivity contribution in [1.82, 2.24) is 9.71 Å². The molecular formula is C8H9ClN2O2S. The van der Waals surface area contributed by atoms with Crippen molar-refractivity contribution in [3.05, 3.63) is 22.8 Å². The number of hydrogen-bond acceptors (Lipinski definition) is 3.